The first-order chi connectivity index (χ1) is 15.6. The van der Waals surface area contributed by atoms with Crippen LogP contribution in [0.4, 0.5) is 5.69 Å². The highest BCUT2D eigenvalue weighted by Crippen LogP contribution is 2.29. The van der Waals surface area contributed by atoms with Gasteiger partial charge in [-0.1, -0.05) is 17.7 Å². The molecule has 1 aliphatic carbocycles. The van der Waals surface area contributed by atoms with Crippen LogP contribution in [0.15, 0.2) is 65.8 Å². The number of allylic oxidation sites excluding steroid dienone is 1. The zero-order valence-electron chi connectivity index (χ0n) is 18.0. The van der Waals surface area contributed by atoms with Gasteiger partial charge >= 0.3 is 0 Å². The summed E-state index contributed by atoms with van der Waals surface area (Å²) >= 11 is 0. The fourth-order valence-electron chi connectivity index (χ4n) is 4.30. The summed E-state index contributed by atoms with van der Waals surface area (Å²) in [5.74, 6) is 0.0197. The maximum absolute atomic E-state index is 13.1. The van der Waals surface area contributed by atoms with Gasteiger partial charge in [-0.2, -0.15) is 10.2 Å². The number of anilines is 1. The third kappa shape index (κ3) is 4.13. The molecule has 3 heterocycles. The van der Waals surface area contributed by atoms with Gasteiger partial charge in [-0.3, -0.25) is 9.80 Å². The molecule has 1 fully saturated rings. The molecule has 32 heavy (non-hydrogen) atoms. The van der Waals surface area contributed by atoms with Gasteiger partial charge in [0.1, 0.15) is 5.56 Å². The van der Waals surface area contributed by atoms with Crippen molar-refractivity contribution >= 4 is 23.0 Å². The second-order valence-corrected chi connectivity index (χ2v) is 8.49. The van der Waals surface area contributed by atoms with E-state index in [1.165, 1.54) is 11.8 Å². The molecule has 0 bridgehead atoms. The lowest BCUT2D eigenvalue weighted by molar-refractivity contribution is 0.0966. The monoisotopic (exact) mass is 430 g/mol. The van der Waals surface area contributed by atoms with Gasteiger partial charge in [0, 0.05) is 24.0 Å². The number of fused-ring (bicyclic) bond motifs is 1. The SMILES string of the molecule is Cc1ccc(N2CC(NC(=O)c3cnn4cccnc34)=CC(C3CCC(O)CC3)=N2)cc1. The highest BCUT2D eigenvalue weighted by Gasteiger charge is 2.27. The topological polar surface area (TPSA) is 95.1 Å². The summed E-state index contributed by atoms with van der Waals surface area (Å²) in [6, 6.07) is 9.97. The Labute approximate surface area is 186 Å². The molecule has 1 aromatic carbocycles. The molecule has 1 aliphatic heterocycles. The summed E-state index contributed by atoms with van der Waals surface area (Å²) in [5.41, 5.74) is 4.83. The molecular weight excluding hydrogens is 404 g/mol. The second kappa shape index (κ2) is 8.55. The number of amides is 1. The molecule has 164 valence electrons. The molecule has 2 N–H and O–H groups in total. The fraction of sp³-hybridized carbons (Fsp3) is 0.333. The number of aliphatic hydroxyl groups is 1. The standard InChI is InChI=1S/C24H26N6O2/c1-16-3-7-19(8-4-16)30-15-18(13-22(28-30)17-5-9-20(31)10-6-17)27-24(32)21-14-26-29-12-2-11-25-23(21)29/h2-4,7-8,11-14,17,20,31H,5-6,9-10,15H2,1H3,(H,27,32). The van der Waals surface area contributed by atoms with Gasteiger partial charge in [-0.15, -0.1) is 0 Å². The molecule has 2 aromatic heterocycles. The molecule has 3 aromatic rings. The number of hydrogen-bond donors (Lipinski definition) is 2. The number of benzene rings is 1. The maximum Gasteiger partial charge on any atom is 0.260 e. The van der Waals surface area contributed by atoms with Crippen molar-refractivity contribution in [3.63, 3.8) is 0 Å². The van der Waals surface area contributed by atoms with Gasteiger partial charge in [0.2, 0.25) is 0 Å². The Bertz CT molecular complexity index is 1190. The Hall–Kier alpha value is -3.52. The van der Waals surface area contributed by atoms with E-state index in [9.17, 15) is 9.90 Å². The summed E-state index contributed by atoms with van der Waals surface area (Å²) in [5, 5.41) is 24.0. The predicted molar refractivity (Wildman–Crippen MR) is 122 cm³/mol. The van der Waals surface area contributed by atoms with Crippen LogP contribution in [0, 0.1) is 12.8 Å². The molecule has 0 radical (unpaired) electrons. The Kier molecular flexibility index (Phi) is 5.45. The highest BCUT2D eigenvalue weighted by atomic mass is 16.3. The van der Waals surface area contributed by atoms with Crippen LogP contribution in [-0.4, -0.2) is 44.0 Å². The summed E-state index contributed by atoms with van der Waals surface area (Å²) in [6.07, 6.45) is 10.0. The molecular formula is C24H26N6O2. The van der Waals surface area contributed by atoms with Crippen LogP contribution < -0.4 is 10.3 Å². The van der Waals surface area contributed by atoms with E-state index < -0.39 is 0 Å². The van der Waals surface area contributed by atoms with Gasteiger partial charge in [0.05, 0.1) is 30.2 Å². The summed E-state index contributed by atoms with van der Waals surface area (Å²) in [7, 11) is 0. The van der Waals surface area contributed by atoms with E-state index in [4.69, 9.17) is 5.10 Å². The lowest BCUT2D eigenvalue weighted by Gasteiger charge is -2.31. The summed E-state index contributed by atoms with van der Waals surface area (Å²) in [6.45, 7) is 2.51. The van der Waals surface area contributed by atoms with Crippen LogP contribution in [0.5, 0.6) is 0 Å². The minimum Gasteiger partial charge on any atom is -0.393 e. The number of aliphatic hydroxyl groups excluding tert-OH is 1. The smallest absolute Gasteiger partial charge is 0.260 e. The predicted octanol–water partition coefficient (Wildman–Crippen LogP) is 3.08. The van der Waals surface area contributed by atoms with Crippen LogP contribution >= 0.6 is 0 Å². The van der Waals surface area contributed by atoms with Crippen LogP contribution in [0.3, 0.4) is 0 Å². The molecule has 8 heteroatoms. The first-order valence-electron chi connectivity index (χ1n) is 11.0. The van der Waals surface area contributed by atoms with E-state index >= 15 is 0 Å². The van der Waals surface area contributed by atoms with Gasteiger partial charge in [0.25, 0.3) is 5.91 Å². The van der Waals surface area contributed by atoms with E-state index in [-0.39, 0.29) is 17.9 Å². The summed E-state index contributed by atoms with van der Waals surface area (Å²) in [4.78, 5) is 17.3. The minimum absolute atomic E-state index is 0.227. The number of aryl methyl sites for hydroxylation is 1. The number of rotatable bonds is 4. The van der Waals surface area contributed by atoms with Crippen LogP contribution in [-0.2, 0) is 0 Å². The maximum atomic E-state index is 13.1. The Morgan fingerprint density at radius 2 is 1.94 bits per heavy atom. The minimum atomic E-state index is -0.242. The number of aromatic nitrogens is 3. The van der Waals surface area contributed by atoms with E-state index in [0.717, 1.165) is 42.8 Å². The first-order valence-corrected chi connectivity index (χ1v) is 11.0. The van der Waals surface area contributed by atoms with Gasteiger partial charge in [0.15, 0.2) is 5.65 Å². The molecule has 0 unspecified atom stereocenters. The third-order valence-corrected chi connectivity index (χ3v) is 6.12. The molecule has 1 amide bonds. The lowest BCUT2D eigenvalue weighted by atomic mass is 9.83. The second-order valence-electron chi connectivity index (χ2n) is 8.49. The number of carbonyl (C=O) groups excluding carboxylic acids is 1. The molecule has 2 aliphatic rings. The molecule has 5 rings (SSSR count). The van der Waals surface area contributed by atoms with Crippen molar-refractivity contribution in [2.75, 3.05) is 11.6 Å². The highest BCUT2D eigenvalue weighted by molar-refractivity contribution is 6.03. The van der Waals surface area contributed by atoms with Crippen molar-refractivity contribution in [2.24, 2.45) is 11.0 Å². The van der Waals surface area contributed by atoms with Gasteiger partial charge < -0.3 is 10.4 Å². The number of nitrogens with one attached hydrogen (secondary N) is 1. The van der Waals surface area contributed by atoms with Crippen molar-refractivity contribution in [1.82, 2.24) is 19.9 Å². The third-order valence-electron chi connectivity index (χ3n) is 6.12. The molecule has 1 saturated carbocycles. The molecule has 0 saturated heterocycles. The molecule has 8 nitrogen and oxygen atoms in total. The van der Waals surface area contributed by atoms with Crippen molar-refractivity contribution < 1.29 is 9.90 Å². The van der Waals surface area contributed by atoms with Crippen LogP contribution in [0.1, 0.15) is 41.6 Å². The Balaban J connectivity index is 1.42. The Morgan fingerprint density at radius 1 is 1.16 bits per heavy atom. The van der Waals surface area contributed by atoms with Crippen LogP contribution in [0.25, 0.3) is 5.65 Å². The van der Waals surface area contributed by atoms with Crippen molar-refractivity contribution in [3.8, 4) is 0 Å². The normalized spacial score (nSPS) is 21.2. The van der Waals surface area contributed by atoms with E-state index in [1.54, 1.807) is 23.0 Å². The zero-order valence-corrected chi connectivity index (χ0v) is 18.0. The van der Waals surface area contributed by atoms with E-state index in [2.05, 4.69) is 34.5 Å². The van der Waals surface area contributed by atoms with E-state index in [1.807, 2.05) is 23.2 Å². The van der Waals surface area contributed by atoms with E-state index in [0.29, 0.717) is 17.8 Å². The number of hydrazone groups is 1. The lowest BCUT2D eigenvalue weighted by Crippen LogP contribution is -2.37. The van der Waals surface area contributed by atoms with Gasteiger partial charge in [-0.05, 0) is 56.9 Å². The largest absolute Gasteiger partial charge is 0.393 e. The quantitative estimate of drug-likeness (QED) is 0.663. The molecule has 0 atom stereocenters. The summed E-state index contributed by atoms with van der Waals surface area (Å²) < 4.78 is 1.59. The zero-order chi connectivity index (χ0) is 22.1. The number of hydrogen-bond acceptors (Lipinski definition) is 6. The average molecular weight is 431 g/mol. The number of nitrogens with zero attached hydrogens (tertiary/aromatic N) is 5. The van der Waals surface area contributed by atoms with Crippen LogP contribution in [0.2, 0.25) is 0 Å². The Morgan fingerprint density at radius 3 is 2.72 bits per heavy atom. The fourth-order valence-corrected chi connectivity index (χ4v) is 4.30. The first kappa shape index (κ1) is 20.4. The van der Waals surface area contributed by atoms with Gasteiger partial charge in [-0.25, -0.2) is 9.50 Å². The van der Waals surface area contributed by atoms with Crippen molar-refractivity contribution in [1.29, 1.82) is 0 Å². The molecule has 0 spiro atoms. The number of carbonyl (C=O) groups is 1. The van der Waals surface area contributed by atoms with Crippen molar-refractivity contribution in [3.05, 3.63) is 71.8 Å². The average Bonchev–Trinajstić information content (AvgIpc) is 3.24. The van der Waals surface area contributed by atoms with Crippen molar-refractivity contribution in [2.45, 2.75) is 38.7 Å².